The van der Waals surface area contributed by atoms with Crippen molar-refractivity contribution in [2.75, 3.05) is 0 Å². The average molecular weight is 379 g/mol. The first-order chi connectivity index (χ1) is 11.2. The molecule has 0 heterocycles. The number of alkyl halides is 3. The molecule has 0 saturated heterocycles. The largest absolute Gasteiger partial charge is 0.482 e. The van der Waals surface area contributed by atoms with Crippen molar-refractivity contribution in [3.8, 4) is 17.2 Å². The van der Waals surface area contributed by atoms with Crippen LogP contribution in [0.15, 0.2) is 42.5 Å². The van der Waals surface area contributed by atoms with E-state index in [0.717, 1.165) is 18.2 Å². The Morgan fingerprint density at radius 3 is 2.17 bits per heavy atom. The minimum atomic E-state index is -4.47. The lowest BCUT2D eigenvalue weighted by Gasteiger charge is -2.13. The van der Waals surface area contributed by atoms with E-state index in [9.17, 15) is 18.0 Å². The highest BCUT2D eigenvalue weighted by molar-refractivity contribution is 6.64. The fourth-order valence-electron chi connectivity index (χ4n) is 1.72. The molecule has 0 fully saturated rings. The number of halogens is 5. The minimum absolute atomic E-state index is 0.0858. The Labute approximate surface area is 145 Å². The van der Waals surface area contributed by atoms with Crippen LogP contribution in [0.4, 0.5) is 13.2 Å². The standard InChI is InChI=1S/C16H11Cl2F3O3/c1-9(15(18)22)23-11-3-5-12(6-4-11)24-14-7-2-10(8-13(14)17)16(19,20)21/h2-9H,1H3. The molecule has 1 atom stereocenters. The maximum atomic E-state index is 12.6. The van der Waals surface area contributed by atoms with Gasteiger partial charge in [0.2, 0.25) is 0 Å². The lowest BCUT2D eigenvalue weighted by Crippen LogP contribution is -2.18. The predicted octanol–water partition coefficient (Wildman–Crippen LogP) is 5.68. The van der Waals surface area contributed by atoms with Gasteiger partial charge in [0.05, 0.1) is 10.6 Å². The molecule has 2 rings (SSSR count). The van der Waals surface area contributed by atoms with Gasteiger partial charge in [-0.3, -0.25) is 4.79 Å². The summed E-state index contributed by atoms with van der Waals surface area (Å²) in [5.74, 6) is 0.818. The Balaban J connectivity index is 2.10. The second kappa shape index (κ2) is 7.32. The molecule has 8 heteroatoms. The van der Waals surface area contributed by atoms with Crippen LogP contribution in [-0.4, -0.2) is 11.3 Å². The van der Waals surface area contributed by atoms with Crippen molar-refractivity contribution in [2.24, 2.45) is 0 Å². The fourth-order valence-corrected chi connectivity index (χ4v) is 1.99. The van der Waals surface area contributed by atoms with Gasteiger partial charge >= 0.3 is 6.18 Å². The second-order valence-electron chi connectivity index (χ2n) is 4.78. The van der Waals surface area contributed by atoms with Gasteiger partial charge in [0.25, 0.3) is 5.24 Å². The minimum Gasteiger partial charge on any atom is -0.482 e. The van der Waals surface area contributed by atoms with E-state index in [1.54, 1.807) is 0 Å². The molecule has 0 amide bonds. The van der Waals surface area contributed by atoms with Crippen molar-refractivity contribution in [3.63, 3.8) is 0 Å². The molecule has 2 aromatic rings. The van der Waals surface area contributed by atoms with Crippen molar-refractivity contribution in [3.05, 3.63) is 53.1 Å². The molecule has 2 aromatic carbocycles. The Kier molecular flexibility index (Phi) is 5.62. The van der Waals surface area contributed by atoms with Gasteiger partial charge in [0, 0.05) is 0 Å². The summed E-state index contributed by atoms with van der Waals surface area (Å²) in [4.78, 5) is 10.9. The van der Waals surface area contributed by atoms with E-state index in [1.165, 1.54) is 31.2 Å². The molecular formula is C16H11Cl2F3O3. The molecule has 0 aliphatic heterocycles. The number of hydrogen-bond donors (Lipinski definition) is 0. The third kappa shape index (κ3) is 4.79. The van der Waals surface area contributed by atoms with Crippen LogP contribution in [0.5, 0.6) is 17.2 Å². The van der Waals surface area contributed by atoms with Gasteiger partial charge in [-0.2, -0.15) is 13.2 Å². The smallest absolute Gasteiger partial charge is 0.416 e. The quantitative estimate of drug-likeness (QED) is 0.627. The SMILES string of the molecule is CC(Oc1ccc(Oc2ccc(C(F)(F)F)cc2Cl)cc1)C(=O)Cl. The summed E-state index contributed by atoms with van der Waals surface area (Å²) in [5.41, 5.74) is -0.858. The second-order valence-corrected chi connectivity index (χ2v) is 5.56. The monoisotopic (exact) mass is 378 g/mol. The van der Waals surface area contributed by atoms with E-state index in [1.807, 2.05) is 0 Å². The first kappa shape index (κ1) is 18.4. The van der Waals surface area contributed by atoms with E-state index in [4.69, 9.17) is 32.7 Å². The summed E-state index contributed by atoms with van der Waals surface area (Å²) in [6.07, 6.45) is -5.28. The van der Waals surface area contributed by atoms with E-state index >= 15 is 0 Å². The van der Waals surface area contributed by atoms with E-state index < -0.39 is 23.1 Å². The lowest BCUT2D eigenvalue weighted by atomic mass is 10.2. The maximum absolute atomic E-state index is 12.6. The number of benzene rings is 2. The molecule has 0 aliphatic rings. The number of carbonyl (C=O) groups excluding carboxylic acids is 1. The van der Waals surface area contributed by atoms with Crippen LogP contribution in [0, 0.1) is 0 Å². The van der Waals surface area contributed by atoms with Crippen molar-refractivity contribution in [2.45, 2.75) is 19.2 Å². The summed E-state index contributed by atoms with van der Waals surface area (Å²) in [6.45, 7) is 1.50. The molecule has 24 heavy (non-hydrogen) atoms. The number of rotatable bonds is 5. The molecule has 0 bridgehead atoms. The predicted molar refractivity (Wildman–Crippen MR) is 83.9 cm³/mol. The summed E-state index contributed by atoms with van der Waals surface area (Å²) < 4.78 is 48.5. The van der Waals surface area contributed by atoms with Crippen LogP contribution in [0.3, 0.4) is 0 Å². The van der Waals surface area contributed by atoms with Crippen LogP contribution in [0.2, 0.25) is 5.02 Å². The van der Waals surface area contributed by atoms with E-state index in [-0.39, 0.29) is 10.8 Å². The topological polar surface area (TPSA) is 35.5 Å². The summed E-state index contributed by atoms with van der Waals surface area (Å²) in [7, 11) is 0. The summed E-state index contributed by atoms with van der Waals surface area (Å²) in [5, 5.41) is -0.793. The number of hydrogen-bond acceptors (Lipinski definition) is 3. The van der Waals surface area contributed by atoms with Gasteiger partial charge in [-0.1, -0.05) is 11.6 Å². The summed E-state index contributed by atoms with van der Waals surface area (Å²) >= 11 is 11.1. The Morgan fingerprint density at radius 2 is 1.67 bits per heavy atom. The van der Waals surface area contributed by atoms with Gasteiger partial charge in [-0.25, -0.2) is 0 Å². The van der Waals surface area contributed by atoms with Crippen LogP contribution >= 0.6 is 23.2 Å². The highest BCUT2D eigenvalue weighted by atomic mass is 35.5. The van der Waals surface area contributed by atoms with E-state index in [2.05, 4.69) is 0 Å². The molecule has 0 spiro atoms. The van der Waals surface area contributed by atoms with Gasteiger partial charge in [0.15, 0.2) is 6.10 Å². The zero-order valence-corrected chi connectivity index (χ0v) is 13.7. The van der Waals surface area contributed by atoms with Crippen LogP contribution < -0.4 is 9.47 Å². The Morgan fingerprint density at radius 1 is 1.08 bits per heavy atom. The van der Waals surface area contributed by atoms with Gasteiger partial charge < -0.3 is 9.47 Å². The van der Waals surface area contributed by atoms with Gasteiger partial charge in [0.1, 0.15) is 17.2 Å². The lowest BCUT2D eigenvalue weighted by molar-refractivity contribution is -0.137. The Bertz CT molecular complexity index is 730. The van der Waals surface area contributed by atoms with Crippen LogP contribution in [0.1, 0.15) is 12.5 Å². The highest BCUT2D eigenvalue weighted by Crippen LogP contribution is 2.36. The molecule has 0 N–H and O–H groups in total. The fraction of sp³-hybridized carbons (Fsp3) is 0.188. The molecule has 0 saturated carbocycles. The van der Waals surface area contributed by atoms with Crippen molar-refractivity contribution in [1.82, 2.24) is 0 Å². The first-order valence-corrected chi connectivity index (χ1v) is 7.43. The normalized spacial score (nSPS) is 12.6. The number of carbonyl (C=O) groups is 1. The third-order valence-electron chi connectivity index (χ3n) is 2.94. The zero-order valence-electron chi connectivity index (χ0n) is 12.2. The van der Waals surface area contributed by atoms with Crippen molar-refractivity contribution >= 4 is 28.4 Å². The van der Waals surface area contributed by atoms with Gasteiger partial charge in [-0.05, 0) is 61.0 Å². The van der Waals surface area contributed by atoms with Crippen molar-refractivity contribution in [1.29, 1.82) is 0 Å². The third-order valence-corrected chi connectivity index (χ3v) is 3.55. The zero-order chi connectivity index (χ0) is 17.9. The number of ether oxygens (including phenoxy) is 2. The molecule has 0 aliphatic carbocycles. The molecule has 0 aromatic heterocycles. The molecule has 128 valence electrons. The van der Waals surface area contributed by atoms with Gasteiger partial charge in [-0.15, -0.1) is 0 Å². The molecule has 3 nitrogen and oxygen atoms in total. The molecule has 0 radical (unpaired) electrons. The van der Waals surface area contributed by atoms with Crippen LogP contribution in [-0.2, 0) is 11.0 Å². The average Bonchev–Trinajstić information content (AvgIpc) is 2.50. The first-order valence-electron chi connectivity index (χ1n) is 6.67. The van der Waals surface area contributed by atoms with E-state index in [0.29, 0.717) is 11.5 Å². The maximum Gasteiger partial charge on any atom is 0.416 e. The highest BCUT2D eigenvalue weighted by Gasteiger charge is 2.31. The summed E-state index contributed by atoms with van der Waals surface area (Å²) in [6, 6.07) is 8.93. The Hall–Kier alpha value is -1.92. The van der Waals surface area contributed by atoms with Crippen LogP contribution in [0.25, 0.3) is 0 Å². The van der Waals surface area contributed by atoms with Crippen molar-refractivity contribution < 1.29 is 27.4 Å². The molecular weight excluding hydrogens is 368 g/mol. The molecule has 1 unspecified atom stereocenters.